The molecule has 30 heavy (non-hydrogen) atoms. The number of nitrogens with one attached hydrogen (secondary N) is 2. The van der Waals surface area contributed by atoms with E-state index in [2.05, 4.69) is 39.7 Å². The molecule has 2 aromatic carbocycles. The number of aromatic amines is 1. The van der Waals surface area contributed by atoms with Crippen LogP contribution in [0.3, 0.4) is 0 Å². The Morgan fingerprint density at radius 2 is 1.77 bits per heavy atom. The predicted octanol–water partition coefficient (Wildman–Crippen LogP) is 4.81. The summed E-state index contributed by atoms with van der Waals surface area (Å²) in [5, 5.41) is 14.8. The molecule has 0 spiro atoms. The fourth-order valence-corrected chi connectivity index (χ4v) is 3.47. The van der Waals surface area contributed by atoms with Gasteiger partial charge in [0.2, 0.25) is 0 Å². The van der Waals surface area contributed by atoms with Gasteiger partial charge in [0.1, 0.15) is 5.69 Å². The molecule has 0 atom stereocenters. The van der Waals surface area contributed by atoms with Gasteiger partial charge in [0.15, 0.2) is 0 Å². The fraction of sp³-hybridized carbons (Fsp3) is 0.208. The fourth-order valence-electron chi connectivity index (χ4n) is 3.47. The number of carbonyl (C=O) groups excluding carboxylic acids is 1. The Kier molecular flexibility index (Phi) is 5.23. The molecule has 2 aromatic heterocycles. The lowest BCUT2D eigenvalue weighted by Gasteiger charge is -2.08. The third-order valence-electron chi connectivity index (χ3n) is 5.37. The van der Waals surface area contributed by atoms with Gasteiger partial charge in [-0.3, -0.25) is 14.6 Å². The predicted molar refractivity (Wildman–Crippen MR) is 119 cm³/mol. The first kappa shape index (κ1) is 19.6. The molecule has 0 aliphatic heterocycles. The number of hydrogen-bond acceptors (Lipinski definition) is 3. The van der Waals surface area contributed by atoms with Crippen LogP contribution >= 0.6 is 0 Å². The first-order valence-electron chi connectivity index (χ1n) is 9.94. The number of anilines is 1. The van der Waals surface area contributed by atoms with E-state index < -0.39 is 0 Å². The highest BCUT2D eigenvalue weighted by atomic mass is 16.2. The normalized spacial score (nSPS) is 10.9. The number of aryl methyl sites for hydroxylation is 3. The maximum absolute atomic E-state index is 12.8. The van der Waals surface area contributed by atoms with E-state index >= 15 is 0 Å². The zero-order chi connectivity index (χ0) is 21.3. The van der Waals surface area contributed by atoms with E-state index in [1.165, 1.54) is 16.7 Å². The van der Waals surface area contributed by atoms with Crippen molar-refractivity contribution in [2.24, 2.45) is 0 Å². The summed E-state index contributed by atoms with van der Waals surface area (Å²) in [7, 11) is 0. The van der Waals surface area contributed by atoms with E-state index in [4.69, 9.17) is 0 Å². The number of nitrogens with zero attached hydrogens (tertiary/aromatic N) is 3. The van der Waals surface area contributed by atoms with Gasteiger partial charge in [0.25, 0.3) is 5.91 Å². The van der Waals surface area contributed by atoms with Crippen molar-refractivity contribution in [3.8, 4) is 11.3 Å². The van der Waals surface area contributed by atoms with Gasteiger partial charge in [-0.05, 0) is 44.9 Å². The summed E-state index contributed by atoms with van der Waals surface area (Å²) in [6.07, 6.45) is 0. The van der Waals surface area contributed by atoms with Crippen molar-refractivity contribution in [3.63, 3.8) is 0 Å². The number of carbonyl (C=O) groups is 1. The maximum Gasteiger partial charge on any atom is 0.273 e. The third kappa shape index (κ3) is 3.89. The summed E-state index contributed by atoms with van der Waals surface area (Å²) in [6.45, 7) is 8.67. The minimum atomic E-state index is -0.234. The summed E-state index contributed by atoms with van der Waals surface area (Å²) in [6, 6.07) is 18.1. The lowest BCUT2D eigenvalue weighted by molar-refractivity contribution is 0.102. The largest absolute Gasteiger partial charge is 0.318 e. The molecule has 1 amide bonds. The molecular weight excluding hydrogens is 374 g/mol. The van der Waals surface area contributed by atoms with E-state index in [0.717, 1.165) is 28.3 Å². The van der Waals surface area contributed by atoms with Crippen LogP contribution in [-0.2, 0) is 6.54 Å². The molecular formula is C24H25N5O. The second-order valence-corrected chi connectivity index (χ2v) is 7.62. The molecule has 0 unspecified atom stereocenters. The Hall–Kier alpha value is -3.67. The summed E-state index contributed by atoms with van der Waals surface area (Å²) in [5.74, 6) is -0.234. The lowest BCUT2D eigenvalue weighted by Crippen LogP contribution is -2.14. The molecule has 2 heterocycles. The third-order valence-corrected chi connectivity index (χ3v) is 5.37. The highest BCUT2D eigenvalue weighted by molar-refractivity contribution is 6.04. The van der Waals surface area contributed by atoms with Crippen LogP contribution in [0.25, 0.3) is 11.3 Å². The first-order valence-corrected chi connectivity index (χ1v) is 9.94. The Bertz CT molecular complexity index is 1200. The van der Waals surface area contributed by atoms with Crippen molar-refractivity contribution in [3.05, 3.63) is 88.4 Å². The standard InChI is InChI=1S/C24H25N5O/c1-15-9-11-19(12-10-15)21-13-22(27-26-21)24(30)25-23-17(3)28-29(18(23)4)14-20-8-6-5-7-16(20)2/h5-13H,14H2,1-4H3,(H,25,30)(H,26,27). The smallest absolute Gasteiger partial charge is 0.273 e. The molecule has 152 valence electrons. The van der Waals surface area contributed by atoms with Crippen LogP contribution in [0.4, 0.5) is 5.69 Å². The number of H-pyrrole nitrogens is 1. The molecule has 0 aliphatic rings. The lowest BCUT2D eigenvalue weighted by atomic mass is 10.1. The van der Waals surface area contributed by atoms with Crippen molar-refractivity contribution in [1.82, 2.24) is 20.0 Å². The number of amides is 1. The van der Waals surface area contributed by atoms with Crippen molar-refractivity contribution >= 4 is 11.6 Å². The van der Waals surface area contributed by atoms with Crippen LogP contribution in [0.15, 0.2) is 54.6 Å². The molecule has 0 fully saturated rings. The second-order valence-electron chi connectivity index (χ2n) is 7.62. The molecule has 6 heteroatoms. The summed E-state index contributed by atoms with van der Waals surface area (Å²) < 4.78 is 1.93. The van der Waals surface area contributed by atoms with Crippen molar-refractivity contribution < 1.29 is 4.79 Å². The zero-order valence-corrected chi connectivity index (χ0v) is 17.7. The number of rotatable bonds is 5. The molecule has 0 bridgehead atoms. The van der Waals surface area contributed by atoms with Crippen LogP contribution in [0.5, 0.6) is 0 Å². The molecule has 0 aliphatic carbocycles. The SMILES string of the molecule is Cc1ccc(-c2cc(C(=O)Nc3c(C)nn(Cc4ccccc4C)c3C)[nH]n2)cc1. The molecule has 0 saturated heterocycles. The van der Waals surface area contributed by atoms with E-state index in [9.17, 15) is 4.79 Å². The Morgan fingerprint density at radius 3 is 2.50 bits per heavy atom. The van der Waals surface area contributed by atoms with Gasteiger partial charge in [-0.1, -0.05) is 54.1 Å². The number of hydrogen-bond donors (Lipinski definition) is 2. The monoisotopic (exact) mass is 399 g/mol. The molecule has 4 aromatic rings. The number of aromatic nitrogens is 4. The van der Waals surface area contributed by atoms with Gasteiger partial charge in [-0.15, -0.1) is 0 Å². The van der Waals surface area contributed by atoms with Gasteiger partial charge in [-0.25, -0.2) is 0 Å². The Morgan fingerprint density at radius 1 is 1.03 bits per heavy atom. The van der Waals surface area contributed by atoms with Gasteiger partial charge in [0, 0.05) is 5.56 Å². The second kappa shape index (κ2) is 7.99. The van der Waals surface area contributed by atoms with Crippen LogP contribution in [0.2, 0.25) is 0 Å². The molecule has 4 rings (SSSR count). The van der Waals surface area contributed by atoms with Crippen molar-refractivity contribution in [2.75, 3.05) is 5.32 Å². The van der Waals surface area contributed by atoms with E-state index in [0.29, 0.717) is 12.2 Å². The van der Waals surface area contributed by atoms with E-state index in [-0.39, 0.29) is 5.91 Å². The highest BCUT2D eigenvalue weighted by Gasteiger charge is 2.17. The topological polar surface area (TPSA) is 75.6 Å². The van der Waals surface area contributed by atoms with Crippen LogP contribution in [-0.4, -0.2) is 25.9 Å². The van der Waals surface area contributed by atoms with Gasteiger partial charge >= 0.3 is 0 Å². The Labute approximate surface area is 176 Å². The molecule has 2 N–H and O–H groups in total. The van der Waals surface area contributed by atoms with Crippen LogP contribution < -0.4 is 5.32 Å². The van der Waals surface area contributed by atoms with E-state index in [1.807, 2.05) is 61.9 Å². The molecule has 0 radical (unpaired) electrons. The Balaban J connectivity index is 1.53. The van der Waals surface area contributed by atoms with Crippen molar-refractivity contribution in [1.29, 1.82) is 0 Å². The van der Waals surface area contributed by atoms with Gasteiger partial charge < -0.3 is 5.32 Å². The van der Waals surface area contributed by atoms with Crippen LogP contribution in [0.1, 0.15) is 38.6 Å². The van der Waals surface area contributed by atoms with Gasteiger partial charge in [0.05, 0.1) is 29.3 Å². The minimum absolute atomic E-state index is 0.234. The minimum Gasteiger partial charge on any atom is -0.318 e. The summed E-state index contributed by atoms with van der Waals surface area (Å²) in [4.78, 5) is 12.8. The van der Waals surface area contributed by atoms with Crippen molar-refractivity contribution in [2.45, 2.75) is 34.2 Å². The van der Waals surface area contributed by atoms with E-state index in [1.54, 1.807) is 6.07 Å². The molecule has 0 saturated carbocycles. The molecule has 6 nitrogen and oxygen atoms in total. The number of benzene rings is 2. The quantitative estimate of drug-likeness (QED) is 0.506. The average molecular weight is 399 g/mol. The van der Waals surface area contributed by atoms with Crippen LogP contribution in [0, 0.1) is 27.7 Å². The zero-order valence-electron chi connectivity index (χ0n) is 17.7. The first-order chi connectivity index (χ1) is 14.4. The van der Waals surface area contributed by atoms with Gasteiger partial charge in [-0.2, -0.15) is 10.2 Å². The summed E-state index contributed by atoms with van der Waals surface area (Å²) >= 11 is 0. The summed E-state index contributed by atoms with van der Waals surface area (Å²) in [5.41, 5.74) is 8.17. The maximum atomic E-state index is 12.8. The highest BCUT2D eigenvalue weighted by Crippen LogP contribution is 2.23. The average Bonchev–Trinajstić information content (AvgIpc) is 3.32.